The first-order valence-corrected chi connectivity index (χ1v) is 9.50. The number of rotatable bonds is 3. The molecule has 3 heterocycles. The Bertz CT molecular complexity index is 1270. The molecule has 1 saturated carbocycles. The first-order chi connectivity index (χ1) is 14.2. The first kappa shape index (κ1) is 18.7. The molecule has 0 N–H and O–H groups in total. The van der Waals surface area contributed by atoms with Gasteiger partial charge in [0.1, 0.15) is 17.5 Å². The summed E-state index contributed by atoms with van der Waals surface area (Å²) in [6, 6.07) is 9.33. The Hall–Kier alpha value is -3.30. The number of aryl methyl sites for hydroxylation is 3. The van der Waals surface area contributed by atoms with E-state index in [-0.39, 0.29) is 17.7 Å². The van der Waals surface area contributed by atoms with Crippen molar-refractivity contribution in [3.8, 4) is 5.82 Å². The Kier molecular flexibility index (Phi) is 3.96. The van der Waals surface area contributed by atoms with E-state index in [0.29, 0.717) is 23.8 Å². The van der Waals surface area contributed by atoms with Crippen LogP contribution in [0.5, 0.6) is 0 Å². The van der Waals surface area contributed by atoms with Gasteiger partial charge in [0.15, 0.2) is 5.82 Å². The number of imidazole rings is 1. The van der Waals surface area contributed by atoms with Gasteiger partial charge in [0.2, 0.25) is 5.82 Å². The second-order valence-corrected chi connectivity index (χ2v) is 7.56. The fourth-order valence-electron chi connectivity index (χ4n) is 3.92. The van der Waals surface area contributed by atoms with Crippen LogP contribution < -0.4 is 0 Å². The third-order valence-corrected chi connectivity index (χ3v) is 5.40. The van der Waals surface area contributed by atoms with Gasteiger partial charge in [0.25, 0.3) is 0 Å². The van der Waals surface area contributed by atoms with E-state index in [0.717, 1.165) is 16.9 Å². The van der Waals surface area contributed by atoms with Gasteiger partial charge in [-0.1, -0.05) is 12.1 Å². The van der Waals surface area contributed by atoms with Crippen LogP contribution in [0.15, 0.2) is 30.3 Å². The molecule has 1 aromatic carbocycles. The van der Waals surface area contributed by atoms with Crippen LogP contribution in [0.3, 0.4) is 0 Å². The lowest BCUT2D eigenvalue weighted by Gasteiger charge is -2.11. The monoisotopic (exact) mass is 413 g/mol. The highest BCUT2D eigenvalue weighted by molar-refractivity contribution is 5.76. The summed E-state index contributed by atoms with van der Waals surface area (Å²) < 4.78 is 43.8. The largest absolute Gasteiger partial charge is 0.451 e. The summed E-state index contributed by atoms with van der Waals surface area (Å²) in [6.07, 6.45) is -3.98. The number of nitrogens with zero attached hydrogens (tertiary/aromatic N) is 7. The van der Waals surface area contributed by atoms with Crippen molar-refractivity contribution >= 4 is 11.0 Å². The average Bonchev–Trinajstić information content (AvgIpc) is 3.32. The molecular weight excluding hydrogens is 395 g/mol. The van der Waals surface area contributed by atoms with Crippen molar-refractivity contribution in [3.63, 3.8) is 0 Å². The van der Waals surface area contributed by atoms with E-state index < -0.39 is 12.0 Å². The Balaban J connectivity index is 1.56. The Morgan fingerprint density at radius 1 is 1.00 bits per heavy atom. The van der Waals surface area contributed by atoms with E-state index in [9.17, 15) is 13.2 Å². The smallest absolute Gasteiger partial charge is 0.331 e. The van der Waals surface area contributed by atoms with Crippen LogP contribution in [0.25, 0.3) is 16.9 Å². The molecule has 0 amide bonds. The number of fused-ring (bicyclic) bond motifs is 1. The number of alkyl halides is 3. The number of benzene rings is 1. The molecule has 1 fully saturated rings. The zero-order valence-electron chi connectivity index (χ0n) is 16.5. The fourth-order valence-corrected chi connectivity index (χ4v) is 3.92. The molecule has 1 aliphatic carbocycles. The summed E-state index contributed by atoms with van der Waals surface area (Å²) in [5.74, 6) is 0.526. The Morgan fingerprint density at radius 2 is 1.77 bits per heavy atom. The van der Waals surface area contributed by atoms with Crippen LogP contribution in [0.4, 0.5) is 13.2 Å². The highest BCUT2D eigenvalue weighted by atomic mass is 19.4. The van der Waals surface area contributed by atoms with Crippen molar-refractivity contribution in [2.75, 3.05) is 0 Å². The molecule has 0 unspecified atom stereocenters. The van der Waals surface area contributed by atoms with E-state index in [1.807, 2.05) is 35.9 Å². The molecule has 1 aliphatic rings. The lowest BCUT2D eigenvalue weighted by Crippen LogP contribution is -2.16. The molecular formula is C20H18F3N7. The maximum atomic E-state index is 13.5. The van der Waals surface area contributed by atoms with Crippen molar-refractivity contribution in [1.82, 2.24) is 34.3 Å². The molecule has 0 saturated heterocycles. The van der Waals surface area contributed by atoms with Gasteiger partial charge in [-0.3, -0.25) is 0 Å². The summed E-state index contributed by atoms with van der Waals surface area (Å²) in [5.41, 5.74) is 2.21. The second kappa shape index (κ2) is 6.35. The van der Waals surface area contributed by atoms with Gasteiger partial charge in [-0.05, 0) is 32.4 Å². The highest BCUT2D eigenvalue weighted by Gasteiger charge is 2.45. The van der Waals surface area contributed by atoms with Gasteiger partial charge in [0.05, 0.1) is 16.7 Å². The Labute approximate surface area is 169 Å². The Morgan fingerprint density at radius 3 is 2.43 bits per heavy atom. The SMILES string of the molecule is Cc1nc(C)n(-c2cc([C@H]3C[C@@H]3c3nc4ccccc4n3C)nc(C(F)(F)F)n2)n1. The molecule has 5 rings (SSSR count). The summed E-state index contributed by atoms with van der Waals surface area (Å²) in [7, 11) is 1.92. The highest BCUT2D eigenvalue weighted by Crippen LogP contribution is 2.54. The predicted octanol–water partition coefficient (Wildman–Crippen LogP) is 3.85. The zero-order valence-corrected chi connectivity index (χ0v) is 16.5. The summed E-state index contributed by atoms with van der Waals surface area (Å²) in [6.45, 7) is 3.35. The number of hydrogen-bond acceptors (Lipinski definition) is 5. The minimum atomic E-state index is -4.66. The number of aromatic nitrogens is 7. The molecule has 0 aliphatic heterocycles. The molecule has 7 nitrogen and oxygen atoms in total. The van der Waals surface area contributed by atoms with Gasteiger partial charge in [-0.15, -0.1) is 5.10 Å². The van der Waals surface area contributed by atoms with E-state index in [1.165, 1.54) is 4.68 Å². The maximum absolute atomic E-state index is 13.5. The molecule has 3 aromatic heterocycles. The molecule has 154 valence electrons. The van der Waals surface area contributed by atoms with Gasteiger partial charge in [-0.2, -0.15) is 17.9 Å². The normalized spacial score (nSPS) is 18.9. The van der Waals surface area contributed by atoms with E-state index in [1.54, 1.807) is 19.9 Å². The molecule has 0 bridgehead atoms. The van der Waals surface area contributed by atoms with Gasteiger partial charge in [-0.25, -0.2) is 19.9 Å². The summed E-state index contributed by atoms with van der Waals surface area (Å²) in [5, 5.41) is 4.18. The summed E-state index contributed by atoms with van der Waals surface area (Å²) >= 11 is 0. The minimum Gasteiger partial charge on any atom is -0.331 e. The van der Waals surface area contributed by atoms with Crippen molar-refractivity contribution in [2.24, 2.45) is 7.05 Å². The predicted molar refractivity (Wildman–Crippen MR) is 102 cm³/mol. The second-order valence-electron chi connectivity index (χ2n) is 7.56. The van der Waals surface area contributed by atoms with Crippen molar-refractivity contribution in [1.29, 1.82) is 0 Å². The molecule has 4 aromatic rings. The molecule has 0 radical (unpaired) electrons. The first-order valence-electron chi connectivity index (χ1n) is 9.50. The molecule has 0 spiro atoms. The van der Waals surface area contributed by atoms with Crippen LogP contribution in [0, 0.1) is 13.8 Å². The lowest BCUT2D eigenvalue weighted by molar-refractivity contribution is -0.145. The number of hydrogen-bond donors (Lipinski definition) is 0. The third kappa shape index (κ3) is 3.03. The number of para-hydroxylation sites is 2. The standard InChI is InChI=1S/C20H18F3N7/c1-10-24-11(2)30(28-10)17-9-15(26-19(27-17)20(21,22)23)12-8-13(12)18-25-14-6-4-5-7-16(14)29(18)3/h4-7,9,12-13H,8H2,1-3H3/t12-,13-/m0/s1. The van der Waals surface area contributed by atoms with Crippen LogP contribution in [0.1, 0.15) is 47.2 Å². The third-order valence-electron chi connectivity index (χ3n) is 5.40. The zero-order chi connectivity index (χ0) is 21.2. The average molecular weight is 413 g/mol. The van der Waals surface area contributed by atoms with E-state index in [4.69, 9.17) is 0 Å². The van der Waals surface area contributed by atoms with Gasteiger partial charge in [0, 0.05) is 24.9 Å². The fraction of sp³-hybridized carbons (Fsp3) is 0.350. The van der Waals surface area contributed by atoms with Crippen LogP contribution >= 0.6 is 0 Å². The molecule has 2 atom stereocenters. The van der Waals surface area contributed by atoms with Gasteiger partial charge < -0.3 is 4.57 Å². The summed E-state index contributed by atoms with van der Waals surface area (Å²) in [4.78, 5) is 16.4. The van der Waals surface area contributed by atoms with E-state index in [2.05, 4.69) is 25.0 Å². The lowest BCUT2D eigenvalue weighted by atomic mass is 10.2. The molecule has 30 heavy (non-hydrogen) atoms. The quantitative estimate of drug-likeness (QED) is 0.510. The van der Waals surface area contributed by atoms with E-state index >= 15 is 0 Å². The topological polar surface area (TPSA) is 74.3 Å². The van der Waals surface area contributed by atoms with Crippen molar-refractivity contribution in [3.05, 3.63) is 59.3 Å². The van der Waals surface area contributed by atoms with Crippen molar-refractivity contribution in [2.45, 2.75) is 38.3 Å². The van der Waals surface area contributed by atoms with Gasteiger partial charge >= 0.3 is 6.18 Å². The number of halogens is 3. The maximum Gasteiger partial charge on any atom is 0.451 e. The molecule has 10 heteroatoms. The van der Waals surface area contributed by atoms with Crippen LogP contribution in [0.2, 0.25) is 0 Å². The minimum absolute atomic E-state index is 0.00446. The van der Waals surface area contributed by atoms with Crippen LogP contribution in [-0.4, -0.2) is 34.3 Å². The van der Waals surface area contributed by atoms with Crippen LogP contribution in [-0.2, 0) is 13.2 Å². The van der Waals surface area contributed by atoms with Crippen molar-refractivity contribution < 1.29 is 13.2 Å².